The van der Waals surface area contributed by atoms with E-state index in [1.54, 1.807) is 18.3 Å². The second kappa shape index (κ2) is 10.6. The maximum Gasteiger partial charge on any atom is 0.251 e. The first-order chi connectivity index (χ1) is 13.8. The SMILES string of the molecule is CCCCCOc1ccc(C(=O)NCc2ccnc(N3CCOCC3)n2)cc1. The fourth-order valence-electron chi connectivity index (χ4n) is 2.92. The summed E-state index contributed by atoms with van der Waals surface area (Å²) in [6, 6.07) is 9.05. The number of anilines is 1. The van der Waals surface area contributed by atoms with Crippen LogP contribution in [0.1, 0.15) is 42.2 Å². The first kappa shape index (κ1) is 20.1. The van der Waals surface area contributed by atoms with Crippen LogP contribution in [0, 0.1) is 0 Å². The van der Waals surface area contributed by atoms with Gasteiger partial charge in [-0.1, -0.05) is 19.8 Å². The van der Waals surface area contributed by atoms with E-state index in [4.69, 9.17) is 9.47 Å². The van der Waals surface area contributed by atoms with Gasteiger partial charge in [-0.25, -0.2) is 9.97 Å². The van der Waals surface area contributed by atoms with Crippen LogP contribution in [-0.4, -0.2) is 48.8 Å². The minimum absolute atomic E-state index is 0.135. The van der Waals surface area contributed by atoms with Crippen LogP contribution in [-0.2, 0) is 11.3 Å². The molecule has 0 bridgehead atoms. The average molecular weight is 384 g/mol. The number of nitrogens with zero attached hydrogens (tertiary/aromatic N) is 3. The van der Waals surface area contributed by atoms with Gasteiger partial charge in [0.2, 0.25) is 5.95 Å². The molecular weight excluding hydrogens is 356 g/mol. The summed E-state index contributed by atoms with van der Waals surface area (Å²) in [4.78, 5) is 23.4. The Hall–Kier alpha value is -2.67. The lowest BCUT2D eigenvalue weighted by molar-refractivity contribution is 0.0950. The van der Waals surface area contributed by atoms with Gasteiger partial charge in [-0.15, -0.1) is 0 Å². The summed E-state index contributed by atoms with van der Waals surface area (Å²) in [7, 11) is 0. The zero-order valence-corrected chi connectivity index (χ0v) is 16.4. The van der Waals surface area contributed by atoms with E-state index in [-0.39, 0.29) is 5.91 Å². The van der Waals surface area contributed by atoms with E-state index in [9.17, 15) is 4.79 Å². The molecule has 1 aliphatic rings. The Labute approximate surface area is 166 Å². The number of carbonyl (C=O) groups is 1. The lowest BCUT2D eigenvalue weighted by Crippen LogP contribution is -2.37. The van der Waals surface area contributed by atoms with Crippen molar-refractivity contribution in [3.63, 3.8) is 0 Å². The van der Waals surface area contributed by atoms with E-state index in [1.807, 2.05) is 18.2 Å². The number of nitrogens with one attached hydrogen (secondary N) is 1. The summed E-state index contributed by atoms with van der Waals surface area (Å²) in [5, 5.41) is 2.91. The van der Waals surface area contributed by atoms with Crippen molar-refractivity contribution in [1.29, 1.82) is 0 Å². The zero-order valence-electron chi connectivity index (χ0n) is 16.4. The molecule has 0 aliphatic carbocycles. The van der Waals surface area contributed by atoms with Crippen molar-refractivity contribution in [1.82, 2.24) is 15.3 Å². The minimum Gasteiger partial charge on any atom is -0.494 e. The van der Waals surface area contributed by atoms with Gasteiger partial charge < -0.3 is 19.7 Å². The van der Waals surface area contributed by atoms with Gasteiger partial charge in [0.25, 0.3) is 5.91 Å². The minimum atomic E-state index is -0.135. The van der Waals surface area contributed by atoms with Gasteiger partial charge in [0.1, 0.15) is 5.75 Å². The van der Waals surface area contributed by atoms with Gasteiger partial charge in [0, 0.05) is 24.8 Å². The maximum absolute atomic E-state index is 12.4. The first-order valence-corrected chi connectivity index (χ1v) is 9.92. The molecule has 2 aromatic rings. The summed E-state index contributed by atoms with van der Waals surface area (Å²) >= 11 is 0. The molecule has 1 N–H and O–H groups in total. The van der Waals surface area contributed by atoms with Crippen LogP contribution in [0.4, 0.5) is 5.95 Å². The molecule has 7 nitrogen and oxygen atoms in total. The Morgan fingerprint density at radius 2 is 1.96 bits per heavy atom. The number of amides is 1. The van der Waals surface area contributed by atoms with Crippen molar-refractivity contribution in [2.24, 2.45) is 0 Å². The third-order valence-corrected chi connectivity index (χ3v) is 4.56. The summed E-state index contributed by atoms with van der Waals surface area (Å²) in [5.74, 6) is 1.34. The molecule has 28 heavy (non-hydrogen) atoms. The molecule has 7 heteroatoms. The maximum atomic E-state index is 12.4. The van der Waals surface area contributed by atoms with Crippen molar-refractivity contribution in [2.75, 3.05) is 37.8 Å². The van der Waals surface area contributed by atoms with E-state index in [0.717, 1.165) is 37.4 Å². The number of rotatable bonds is 9. The first-order valence-electron chi connectivity index (χ1n) is 9.92. The van der Waals surface area contributed by atoms with Crippen molar-refractivity contribution < 1.29 is 14.3 Å². The number of carbonyl (C=O) groups excluding carboxylic acids is 1. The Morgan fingerprint density at radius 3 is 2.71 bits per heavy atom. The van der Waals surface area contributed by atoms with E-state index >= 15 is 0 Å². The van der Waals surface area contributed by atoms with Crippen LogP contribution in [0.25, 0.3) is 0 Å². The van der Waals surface area contributed by atoms with Crippen LogP contribution >= 0.6 is 0 Å². The topological polar surface area (TPSA) is 76.6 Å². The van der Waals surface area contributed by atoms with Gasteiger partial charge >= 0.3 is 0 Å². The van der Waals surface area contributed by atoms with Gasteiger partial charge in [-0.3, -0.25) is 4.79 Å². The summed E-state index contributed by atoms with van der Waals surface area (Å²) in [6.07, 6.45) is 5.10. The van der Waals surface area contributed by atoms with Gasteiger partial charge in [-0.05, 0) is 36.8 Å². The van der Waals surface area contributed by atoms with E-state index in [2.05, 4.69) is 27.1 Å². The molecule has 0 saturated carbocycles. The highest BCUT2D eigenvalue weighted by Crippen LogP contribution is 2.14. The third-order valence-electron chi connectivity index (χ3n) is 4.56. The monoisotopic (exact) mass is 384 g/mol. The molecule has 1 saturated heterocycles. The van der Waals surface area contributed by atoms with Crippen LogP contribution in [0.3, 0.4) is 0 Å². The zero-order chi connectivity index (χ0) is 19.6. The van der Waals surface area contributed by atoms with Crippen molar-refractivity contribution in [3.05, 3.63) is 47.8 Å². The van der Waals surface area contributed by atoms with Gasteiger partial charge in [0.15, 0.2) is 0 Å². The standard InChI is InChI=1S/C21H28N4O3/c1-2-3-4-13-28-19-7-5-17(6-8-19)20(26)23-16-18-9-10-22-21(24-18)25-11-14-27-15-12-25/h5-10H,2-4,11-16H2,1H3,(H,23,26). The quantitative estimate of drug-likeness (QED) is 0.670. The average Bonchev–Trinajstić information content (AvgIpc) is 2.76. The molecular formula is C21H28N4O3. The van der Waals surface area contributed by atoms with Crippen molar-refractivity contribution in [3.8, 4) is 5.75 Å². The predicted molar refractivity (Wildman–Crippen MR) is 108 cm³/mol. The number of hydrogen-bond acceptors (Lipinski definition) is 6. The molecule has 0 atom stereocenters. The predicted octanol–water partition coefficient (Wildman–Crippen LogP) is 2.81. The largest absolute Gasteiger partial charge is 0.494 e. The normalized spacial score (nSPS) is 14.0. The van der Waals surface area contributed by atoms with Crippen molar-refractivity contribution >= 4 is 11.9 Å². The molecule has 1 aliphatic heterocycles. The highest BCUT2D eigenvalue weighted by Gasteiger charge is 2.14. The van der Waals surface area contributed by atoms with E-state index in [0.29, 0.717) is 37.9 Å². The molecule has 1 aromatic heterocycles. The highest BCUT2D eigenvalue weighted by atomic mass is 16.5. The Morgan fingerprint density at radius 1 is 1.18 bits per heavy atom. The molecule has 150 valence electrons. The van der Waals surface area contributed by atoms with Crippen LogP contribution in [0.5, 0.6) is 5.75 Å². The molecule has 1 aromatic carbocycles. The number of aromatic nitrogens is 2. The lowest BCUT2D eigenvalue weighted by atomic mass is 10.2. The Balaban J connectivity index is 1.49. The number of ether oxygens (including phenoxy) is 2. The van der Waals surface area contributed by atoms with E-state index < -0.39 is 0 Å². The fourth-order valence-corrected chi connectivity index (χ4v) is 2.92. The number of morpholine rings is 1. The van der Waals surface area contributed by atoms with Gasteiger partial charge in [0.05, 0.1) is 32.1 Å². The van der Waals surface area contributed by atoms with Crippen LogP contribution < -0.4 is 15.0 Å². The highest BCUT2D eigenvalue weighted by molar-refractivity contribution is 5.94. The van der Waals surface area contributed by atoms with Crippen molar-refractivity contribution in [2.45, 2.75) is 32.7 Å². The molecule has 1 fully saturated rings. The molecule has 0 radical (unpaired) electrons. The van der Waals surface area contributed by atoms with Crippen LogP contribution in [0.15, 0.2) is 36.5 Å². The number of unbranched alkanes of at least 4 members (excludes halogenated alkanes) is 2. The summed E-state index contributed by atoms with van der Waals surface area (Å²) in [5.41, 5.74) is 1.38. The lowest BCUT2D eigenvalue weighted by Gasteiger charge is -2.26. The molecule has 1 amide bonds. The summed E-state index contributed by atoms with van der Waals surface area (Å²) < 4.78 is 11.0. The molecule has 0 unspecified atom stereocenters. The second-order valence-electron chi connectivity index (χ2n) is 6.71. The molecule has 3 rings (SSSR count). The fraction of sp³-hybridized carbons (Fsp3) is 0.476. The van der Waals surface area contributed by atoms with E-state index in [1.165, 1.54) is 6.42 Å². The molecule has 2 heterocycles. The number of benzene rings is 1. The van der Waals surface area contributed by atoms with Gasteiger partial charge in [-0.2, -0.15) is 0 Å². The van der Waals surface area contributed by atoms with Crippen LogP contribution in [0.2, 0.25) is 0 Å². The number of hydrogen-bond donors (Lipinski definition) is 1. The smallest absolute Gasteiger partial charge is 0.251 e. The Kier molecular flexibility index (Phi) is 7.61. The Bertz CT molecular complexity index is 746. The molecule has 0 spiro atoms. The summed E-state index contributed by atoms with van der Waals surface area (Å²) in [6.45, 7) is 6.15. The third kappa shape index (κ3) is 5.92. The second-order valence-corrected chi connectivity index (χ2v) is 6.71.